The summed E-state index contributed by atoms with van der Waals surface area (Å²) in [7, 11) is 0. The third-order valence-electron chi connectivity index (χ3n) is 3.61. The van der Waals surface area contributed by atoms with Crippen molar-refractivity contribution in [1.82, 2.24) is 5.32 Å². The molecule has 0 spiro atoms. The summed E-state index contributed by atoms with van der Waals surface area (Å²) in [6.07, 6.45) is 3.39. The van der Waals surface area contributed by atoms with Gasteiger partial charge in [-0.2, -0.15) is 0 Å². The van der Waals surface area contributed by atoms with Gasteiger partial charge in [-0.15, -0.1) is 0 Å². The van der Waals surface area contributed by atoms with Crippen LogP contribution in [0.4, 0.5) is 0 Å². The van der Waals surface area contributed by atoms with Gasteiger partial charge in [-0.25, -0.2) is 0 Å². The Labute approximate surface area is 138 Å². The number of benzene rings is 1. The Hall–Kier alpha value is -0.380. The molecule has 0 aliphatic heterocycles. The summed E-state index contributed by atoms with van der Waals surface area (Å²) in [5, 5.41) is 3.48. The van der Waals surface area contributed by atoms with Gasteiger partial charge in [-0.1, -0.05) is 48.8 Å². The van der Waals surface area contributed by atoms with Gasteiger partial charge in [-0.3, -0.25) is 0 Å². The molecule has 120 valence electrons. The standard InChI is InChI=1S/C18H30BrNO/c1-4-20-14-17(9-11-21-10-8-15(2)3)12-16-6-5-7-18(19)13-16/h5-7,13,15,17,20H,4,8-12,14H2,1-3H3. The topological polar surface area (TPSA) is 21.3 Å². The third kappa shape index (κ3) is 9.28. The highest BCUT2D eigenvalue weighted by molar-refractivity contribution is 9.10. The van der Waals surface area contributed by atoms with Crippen LogP contribution in [0.25, 0.3) is 0 Å². The number of hydrogen-bond donors (Lipinski definition) is 1. The maximum Gasteiger partial charge on any atom is 0.0469 e. The van der Waals surface area contributed by atoms with Crippen molar-refractivity contribution in [3.8, 4) is 0 Å². The average Bonchev–Trinajstić information content (AvgIpc) is 2.43. The number of nitrogens with one attached hydrogen (secondary N) is 1. The SMILES string of the molecule is CCNCC(CCOCCC(C)C)Cc1cccc(Br)c1. The van der Waals surface area contributed by atoms with Gasteiger partial charge in [0.25, 0.3) is 0 Å². The summed E-state index contributed by atoms with van der Waals surface area (Å²) in [6, 6.07) is 8.63. The van der Waals surface area contributed by atoms with Crippen molar-refractivity contribution in [3.05, 3.63) is 34.3 Å². The minimum absolute atomic E-state index is 0.637. The van der Waals surface area contributed by atoms with Crippen LogP contribution >= 0.6 is 15.9 Å². The first-order valence-corrected chi connectivity index (χ1v) is 8.94. The Bertz CT molecular complexity index is 381. The van der Waals surface area contributed by atoms with Crippen molar-refractivity contribution < 1.29 is 4.74 Å². The van der Waals surface area contributed by atoms with E-state index in [1.165, 1.54) is 5.56 Å². The summed E-state index contributed by atoms with van der Waals surface area (Å²) < 4.78 is 6.94. The van der Waals surface area contributed by atoms with Crippen LogP contribution in [0, 0.1) is 11.8 Å². The van der Waals surface area contributed by atoms with E-state index in [9.17, 15) is 0 Å². The molecule has 0 amide bonds. The molecule has 1 N–H and O–H groups in total. The zero-order valence-electron chi connectivity index (χ0n) is 13.7. The number of ether oxygens (including phenoxy) is 1. The van der Waals surface area contributed by atoms with E-state index in [0.717, 1.165) is 56.0 Å². The molecule has 1 unspecified atom stereocenters. The van der Waals surface area contributed by atoms with E-state index in [4.69, 9.17) is 4.74 Å². The van der Waals surface area contributed by atoms with E-state index >= 15 is 0 Å². The normalized spacial score (nSPS) is 12.8. The molecule has 0 aliphatic rings. The third-order valence-corrected chi connectivity index (χ3v) is 4.10. The van der Waals surface area contributed by atoms with Gasteiger partial charge in [0.2, 0.25) is 0 Å². The molecule has 1 rings (SSSR count). The lowest BCUT2D eigenvalue weighted by atomic mass is 9.96. The minimum atomic E-state index is 0.637. The quantitative estimate of drug-likeness (QED) is 0.582. The first-order chi connectivity index (χ1) is 10.1. The molecule has 1 aromatic rings. The zero-order chi connectivity index (χ0) is 15.5. The first kappa shape index (κ1) is 18.7. The fourth-order valence-electron chi connectivity index (χ4n) is 2.29. The Balaban J connectivity index is 2.36. The number of rotatable bonds is 11. The number of hydrogen-bond acceptors (Lipinski definition) is 2. The van der Waals surface area contributed by atoms with Crippen LogP contribution in [0.1, 0.15) is 39.2 Å². The van der Waals surface area contributed by atoms with E-state index in [1.807, 2.05) is 0 Å². The summed E-state index contributed by atoms with van der Waals surface area (Å²) in [6.45, 7) is 10.5. The predicted octanol–water partition coefficient (Wildman–Crippen LogP) is 4.67. The Morgan fingerprint density at radius 3 is 2.62 bits per heavy atom. The van der Waals surface area contributed by atoms with E-state index in [2.05, 4.69) is 66.3 Å². The summed E-state index contributed by atoms with van der Waals surface area (Å²) >= 11 is 3.55. The van der Waals surface area contributed by atoms with Crippen LogP contribution in [0.5, 0.6) is 0 Å². The second-order valence-corrected chi connectivity index (χ2v) is 7.01. The van der Waals surface area contributed by atoms with E-state index in [0.29, 0.717) is 5.92 Å². The van der Waals surface area contributed by atoms with Gasteiger partial charge in [0.1, 0.15) is 0 Å². The van der Waals surface area contributed by atoms with Crippen LogP contribution in [0.15, 0.2) is 28.7 Å². The van der Waals surface area contributed by atoms with Crippen LogP contribution < -0.4 is 5.32 Å². The maximum absolute atomic E-state index is 5.78. The molecule has 1 aromatic carbocycles. The summed E-state index contributed by atoms with van der Waals surface area (Å²) in [5.41, 5.74) is 1.40. The van der Waals surface area contributed by atoms with Crippen molar-refractivity contribution >= 4 is 15.9 Å². The fourth-order valence-corrected chi connectivity index (χ4v) is 2.74. The Kier molecular flexibility index (Phi) is 9.98. The van der Waals surface area contributed by atoms with Gasteiger partial charge >= 0.3 is 0 Å². The molecule has 0 heterocycles. The Morgan fingerprint density at radius 1 is 1.19 bits per heavy atom. The second kappa shape index (κ2) is 11.2. The zero-order valence-corrected chi connectivity index (χ0v) is 15.3. The van der Waals surface area contributed by atoms with E-state index in [-0.39, 0.29) is 0 Å². The molecule has 0 radical (unpaired) electrons. The molecule has 0 fully saturated rings. The fraction of sp³-hybridized carbons (Fsp3) is 0.667. The molecule has 0 saturated carbocycles. The summed E-state index contributed by atoms with van der Waals surface area (Å²) in [4.78, 5) is 0. The predicted molar refractivity (Wildman–Crippen MR) is 94.8 cm³/mol. The van der Waals surface area contributed by atoms with Crippen LogP contribution in [0.3, 0.4) is 0 Å². The highest BCUT2D eigenvalue weighted by Crippen LogP contribution is 2.17. The molecule has 0 aromatic heterocycles. The van der Waals surface area contributed by atoms with Gasteiger partial charge in [0, 0.05) is 17.7 Å². The highest BCUT2D eigenvalue weighted by Gasteiger charge is 2.10. The van der Waals surface area contributed by atoms with Crippen molar-refractivity contribution in [2.75, 3.05) is 26.3 Å². The van der Waals surface area contributed by atoms with E-state index < -0.39 is 0 Å². The molecular weight excluding hydrogens is 326 g/mol. The molecule has 0 aliphatic carbocycles. The second-order valence-electron chi connectivity index (χ2n) is 6.09. The van der Waals surface area contributed by atoms with Crippen LogP contribution in [-0.2, 0) is 11.2 Å². The van der Waals surface area contributed by atoms with Crippen LogP contribution in [-0.4, -0.2) is 26.3 Å². The molecule has 2 nitrogen and oxygen atoms in total. The van der Waals surface area contributed by atoms with Crippen molar-refractivity contribution in [3.63, 3.8) is 0 Å². The molecule has 0 bridgehead atoms. The molecule has 1 atom stereocenters. The maximum atomic E-state index is 5.78. The van der Waals surface area contributed by atoms with E-state index in [1.54, 1.807) is 0 Å². The smallest absolute Gasteiger partial charge is 0.0469 e. The largest absolute Gasteiger partial charge is 0.381 e. The lowest BCUT2D eigenvalue weighted by Gasteiger charge is -2.18. The molecular formula is C18H30BrNO. The van der Waals surface area contributed by atoms with Crippen molar-refractivity contribution in [2.24, 2.45) is 11.8 Å². The lowest BCUT2D eigenvalue weighted by Crippen LogP contribution is -2.25. The van der Waals surface area contributed by atoms with Crippen molar-refractivity contribution in [1.29, 1.82) is 0 Å². The first-order valence-electron chi connectivity index (χ1n) is 8.14. The van der Waals surface area contributed by atoms with Gasteiger partial charge < -0.3 is 10.1 Å². The van der Waals surface area contributed by atoms with Gasteiger partial charge in [0.05, 0.1) is 0 Å². The lowest BCUT2D eigenvalue weighted by molar-refractivity contribution is 0.110. The summed E-state index contributed by atoms with van der Waals surface area (Å²) in [5.74, 6) is 1.36. The monoisotopic (exact) mass is 355 g/mol. The Morgan fingerprint density at radius 2 is 1.95 bits per heavy atom. The van der Waals surface area contributed by atoms with Crippen LogP contribution in [0.2, 0.25) is 0 Å². The molecule has 3 heteroatoms. The highest BCUT2D eigenvalue weighted by atomic mass is 79.9. The van der Waals surface area contributed by atoms with Gasteiger partial charge in [-0.05, 0) is 61.9 Å². The molecule has 21 heavy (non-hydrogen) atoms. The number of halogens is 1. The van der Waals surface area contributed by atoms with Crippen molar-refractivity contribution in [2.45, 2.75) is 40.0 Å². The average molecular weight is 356 g/mol. The van der Waals surface area contributed by atoms with Gasteiger partial charge in [0.15, 0.2) is 0 Å². The minimum Gasteiger partial charge on any atom is -0.381 e. The molecule has 0 saturated heterocycles.